The molecule has 0 saturated heterocycles. The molecule has 17 heavy (non-hydrogen) atoms. The van der Waals surface area contributed by atoms with Gasteiger partial charge in [0.15, 0.2) is 0 Å². The zero-order valence-corrected chi connectivity index (χ0v) is 11.1. The molecule has 3 nitrogen and oxygen atoms in total. The largest absolute Gasteiger partial charge is 0.507 e. The van der Waals surface area contributed by atoms with E-state index in [1.165, 1.54) is 12.8 Å². The number of hydrogen-bond donors (Lipinski definition) is 1. The third-order valence-corrected chi connectivity index (χ3v) is 3.78. The summed E-state index contributed by atoms with van der Waals surface area (Å²) in [5, 5.41) is 10.3. The Morgan fingerprint density at radius 3 is 2.47 bits per heavy atom. The van der Waals surface area contributed by atoms with Gasteiger partial charge >= 0.3 is 0 Å². The van der Waals surface area contributed by atoms with Gasteiger partial charge in [-0.3, -0.25) is 4.79 Å². The lowest BCUT2D eigenvalue weighted by molar-refractivity contribution is 0.448. The zero-order valence-electron chi connectivity index (χ0n) is 11.1. The molecule has 1 aromatic rings. The summed E-state index contributed by atoms with van der Waals surface area (Å²) < 4.78 is 1.67. The highest BCUT2D eigenvalue weighted by Crippen LogP contribution is 2.37. The number of aromatic nitrogens is 1. The normalized spacial score (nSPS) is 15.6. The quantitative estimate of drug-likeness (QED) is 0.874. The minimum atomic E-state index is -0.0606. The second kappa shape index (κ2) is 4.21. The smallest absolute Gasteiger partial charge is 0.257 e. The molecule has 3 heteroatoms. The van der Waals surface area contributed by atoms with Crippen LogP contribution < -0.4 is 5.56 Å². The van der Waals surface area contributed by atoms with Gasteiger partial charge in [0.25, 0.3) is 5.56 Å². The van der Waals surface area contributed by atoms with Crippen LogP contribution in [0.2, 0.25) is 0 Å². The van der Waals surface area contributed by atoms with E-state index in [9.17, 15) is 9.90 Å². The van der Waals surface area contributed by atoms with Gasteiger partial charge in [0.2, 0.25) is 0 Å². The second-order valence-electron chi connectivity index (χ2n) is 5.49. The molecule has 2 rings (SSSR count). The van der Waals surface area contributed by atoms with Crippen molar-refractivity contribution in [3.8, 4) is 5.75 Å². The highest BCUT2D eigenvalue weighted by molar-refractivity contribution is 5.44. The van der Waals surface area contributed by atoms with Crippen molar-refractivity contribution in [3.63, 3.8) is 0 Å². The Balaban J connectivity index is 2.60. The predicted octanol–water partition coefficient (Wildman–Crippen LogP) is 2.48. The molecular formula is C14H21NO2. The lowest BCUT2D eigenvalue weighted by Crippen LogP contribution is -2.25. The molecule has 1 heterocycles. The van der Waals surface area contributed by atoms with E-state index >= 15 is 0 Å². The molecule has 94 valence electrons. The lowest BCUT2D eigenvalue weighted by Gasteiger charge is -2.17. The Hall–Kier alpha value is -1.25. The Morgan fingerprint density at radius 1 is 1.41 bits per heavy atom. The average molecular weight is 235 g/mol. The molecule has 1 fully saturated rings. The van der Waals surface area contributed by atoms with Crippen LogP contribution in [-0.4, -0.2) is 9.67 Å². The number of rotatable bonds is 3. The van der Waals surface area contributed by atoms with Gasteiger partial charge in [-0.25, -0.2) is 0 Å². The number of nitrogens with zero attached hydrogens (tertiary/aromatic N) is 1. The molecule has 1 aromatic heterocycles. The lowest BCUT2D eigenvalue weighted by atomic mass is 9.97. The zero-order chi connectivity index (χ0) is 12.7. The van der Waals surface area contributed by atoms with E-state index < -0.39 is 0 Å². The maximum absolute atomic E-state index is 12.1. The van der Waals surface area contributed by atoms with Crippen LogP contribution in [0.5, 0.6) is 5.75 Å². The van der Waals surface area contributed by atoms with E-state index in [0.717, 1.165) is 17.7 Å². The number of pyridine rings is 1. The van der Waals surface area contributed by atoms with Gasteiger partial charge < -0.3 is 9.67 Å². The summed E-state index contributed by atoms with van der Waals surface area (Å²) in [4.78, 5) is 12.1. The minimum absolute atomic E-state index is 0.0606. The second-order valence-corrected chi connectivity index (χ2v) is 5.49. The first-order valence-electron chi connectivity index (χ1n) is 6.34. The molecule has 1 aliphatic carbocycles. The molecule has 0 aromatic carbocycles. The van der Waals surface area contributed by atoms with Crippen molar-refractivity contribution in [2.75, 3.05) is 0 Å². The SMILES string of the molecule is Cc1c(CC2CC2)c(O)c(C(C)C)c(=O)n1C. The van der Waals surface area contributed by atoms with Gasteiger partial charge in [-0.05, 0) is 38.0 Å². The first-order chi connectivity index (χ1) is 7.93. The molecule has 0 amide bonds. The summed E-state index contributed by atoms with van der Waals surface area (Å²) in [5.74, 6) is 1.01. The highest BCUT2D eigenvalue weighted by Gasteiger charge is 2.27. The number of hydrogen-bond acceptors (Lipinski definition) is 2. The monoisotopic (exact) mass is 235 g/mol. The number of aromatic hydroxyl groups is 1. The van der Waals surface area contributed by atoms with E-state index in [-0.39, 0.29) is 17.2 Å². The van der Waals surface area contributed by atoms with Crippen LogP contribution >= 0.6 is 0 Å². The molecule has 0 aliphatic heterocycles. The molecule has 1 aliphatic rings. The van der Waals surface area contributed by atoms with Crippen molar-refractivity contribution >= 4 is 0 Å². The molecule has 1 saturated carbocycles. The third-order valence-electron chi connectivity index (χ3n) is 3.78. The van der Waals surface area contributed by atoms with Gasteiger partial charge in [-0.15, -0.1) is 0 Å². The maximum atomic E-state index is 12.1. The molecule has 0 atom stereocenters. The molecular weight excluding hydrogens is 214 g/mol. The molecule has 0 spiro atoms. The van der Waals surface area contributed by atoms with E-state index in [2.05, 4.69) is 0 Å². The van der Waals surface area contributed by atoms with E-state index in [1.807, 2.05) is 20.8 Å². The van der Waals surface area contributed by atoms with Gasteiger partial charge in [0, 0.05) is 18.3 Å². The molecule has 1 N–H and O–H groups in total. The van der Waals surface area contributed by atoms with E-state index in [1.54, 1.807) is 11.6 Å². The van der Waals surface area contributed by atoms with E-state index in [4.69, 9.17) is 0 Å². The summed E-state index contributed by atoms with van der Waals surface area (Å²) in [6, 6.07) is 0. The first kappa shape index (κ1) is 12.2. The van der Waals surface area contributed by atoms with Crippen LogP contribution in [0.25, 0.3) is 0 Å². The minimum Gasteiger partial charge on any atom is -0.507 e. The fourth-order valence-corrected chi connectivity index (χ4v) is 2.35. The van der Waals surface area contributed by atoms with Gasteiger partial charge in [0.05, 0.1) is 5.56 Å². The van der Waals surface area contributed by atoms with Crippen LogP contribution in [-0.2, 0) is 13.5 Å². The Labute approximate surface area is 102 Å². The van der Waals surface area contributed by atoms with Crippen LogP contribution in [0.15, 0.2) is 4.79 Å². The fraction of sp³-hybridized carbons (Fsp3) is 0.643. The van der Waals surface area contributed by atoms with Crippen LogP contribution in [0, 0.1) is 12.8 Å². The standard InChI is InChI=1S/C14H21NO2/c1-8(2)12-13(16)11(7-10-5-6-10)9(3)15(4)14(12)17/h8,10,16H,5-7H2,1-4H3. The van der Waals surface area contributed by atoms with Crippen LogP contribution in [0.4, 0.5) is 0 Å². The Bertz CT molecular complexity index is 496. The van der Waals surface area contributed by atoms with Gasteiger partial charge in [-0.2, -0.15) is 0 Å². The van der Waals surface area contributed by atoms with Crippen molar-refractivity contribution in [3.05, 3.63) is 27.2 Å². The molecule has 0 unspecified atom stereocenters. The van der Waals surface area contributed by atoms with Crippen molar-refractivity contribution in [2.45, 2.75) is 46.0 Å². The van der Waals surface area contributed by atoms with Crippen molar-refractivity contribution < 1.29 is 5.11 Å². The van der Waals surface area contributed by atoms with E-state index in [0.29, 0.717) is 11.5 Å². The fourth-order valence-electron chi connectivity index (χ4n) is 2.35. The van der Waals surface area contributed by atoms with Gasteiger partial charge in [-0.1, -0.05) is 13.8 Å². The Morgan fingerprint density at radius 2 is 2.00 bits per heavy atom. The predicted molar refractivity (Wildman–Crippen MR) is 68.6 cm³/mol. The third kappa shape index (κ3) is 2.11. The highest BCUT2D eigenvalue weighted by atomic mass is 16.3. The summed E-state index contributed by atoms with van der Waals surface area (Å²) in [7, 11) is 1.79. The van der Waals surface area contributed by atoms with Gasteiger partial charge in [0.1, 0.15) is 5.75 Å². The van der Waals surface area contributed by atoms with Crippen LogP contribution in [0.1, 0.15) is 49.4 Å². The maximum Gasteiger partial charge on any atom is 0.257 e. The summed E-state index contributed by atoms with van der Waals surface area (Å²) >= 11 is 0. The summed E-state index contributed by atoms with van der Waals surface area (Å²) in [5.41, 5.74) is 2.38. The first-order valence-corrected chi connectivity index (χ1v) is 6.34. The summed E-state index contributed by atoms with van der Waals surface area (Å²) in [6.07, 6.45) is 3.41. The Kier molecular flexibility index (Phi) is 3.02. The van der Waals surface area contributed by atoms with Crippen molar-refractivity contribution in [1.29, 1.82) is 0 Å². The van der Waals surface area contributed by atoms with Crippen molar-refractivity contribution in [2.24, 2.45) is 13.0 Å². The van der Waals surface area contributed by atoms with Crippen molar-refractivity contribution in [1.82, 2.24) is 4.57 Å². The molecule has 0 radical (unpaired) electrons. The van der Waals surface area contributed by atoms with Crippen LogP contribution in [0.3, 0.4) is 0 Å². The summed E-state index contributed by atoms with van der Waals surface area (Å²) in [6.45, 7) is 5.82. The molecule has 0 bridgehead atoms. The average Bonchev–Trinajstić information content (AvgIpc) is 3.05. The topological polar surface area (TPSA) is 42.2 Å².